The number of nitrogens with two attached hydrogens (primary N) is 2. The fourth-order valence-electron chi connectivity index (χ4n) is 3.60. The standard InChI is InChI=1S/C21H24ClFN4O2/c1-13(24)17(28)19(25)20(2)26-10-11-27(20)21(22)9-5-6-14(12-21)18(29)15-7-3-4-8-16(15)23/h3-5,7-13,19,26H,6,24-25H2,1-2H3/t13-,19?,20?,21?/m0/s1. The van der Waals surface area contributed by atoms with Crippen molar-refractivity contribution in [2.75, 3.05) is 0 Å². The van der Waals surface area contributed by atoms with Crippen molar-refractivity contribution in [3.63, 3.8) is 0 Å². The minimum atomic E-state index is -1.28. The molecule has 2 aliphatic rings. The molecule has 5 N–H and O–H groups in total. The van der Waals surface area contributed by atoms with Gasteiger partial charge < -0.3 is 21.7 Å². The SMILES string of the molecule is C[C@H](N)C(=O)C(N)C1(C)NC=CN1C1(Cl)C=CCC(C(=O)c2ccccc2F)=C1. The lowest BCUT2D eigenvalue weighted by molar-refractivity contribution is -0.124. The quantitative estimate of drug-likeness (QED) is 0.283. The van der Waals surface area contributed by atoms with Crippen molar-refractivity contribution in [2.24, 2.45) is 11.5 Å². The van der Waals surface area contributed by atoms with Gasteiger partial charge in [-0.15, -0.1) is 0 Å². The largest absolute Gasteiger partial charge is 0.366 e. The van der Waals surface area contributed by atoms with Gasteiger partial charge in [0.1, 0.15) is 17.5 Å². The van der Waals surface area contributed by atoms with Gasteiger partial charge in [0.15, 0.2) is 16.6 Å². The third-order valence-corrected chi connectivity index (χ3v) is 5.72. The highest BCUT2D eigenvalue weighted by Gasteiger charge is 2.50. The van der Waals surface area contributed by atoms with Gasteiger partial charge in [-0.3, -0.25) is 9.59 Å². The number of hydrogen-bond donors (Lipinski definition) is 3. The van der Waals surface area contributed by atoms with E-state index in [0.717, 1.165) is 0 Å². The third kappa shape index (κ3) is 3.73. The van der Waals surface area contributed by atoms with Gasteiger partial charge in [0.25, 0.3) is 0 Å². The maximum atomic E-state index is 14.1. The lowest BCUT2D eigenvalue weighted by Crippen LogP contribution is -2.68. The minimum Gasteiger partial charge on any atom is -0.366 e. The predicted molar refractivity (Wildman–Crippen MR) is 110 cm³/mol. The highest BCUT2D eigenvalue weighted by atomic mass is 35.5. The summed E-state index contributed by atoms with van der Waals surface area (Å²) in [4.78, 5) is 25.7. The van der Waals surface area contributed by atoms with Gasteiger partial charge >= 0.3 is 0 Å². The molecule has 0 aromatic heterocycles. The Labute approximate surface area is 174 Å². The van der Waals surface area contributed by atoms with E-state index in [1.54, 1.807) is 55.4 Å². The molecular weight excluding hydrogens is 395 g/mol. The summed E-state index contributed by atoms with van der Waals surface area (Å²) < 4.78 is 14.1. The maximum absolute atomic E-state index is 14.1. The van der Waals surface area contributed by atoms with E-state index in [0.29, 0.717) is 12.0 Å². The molecule has 0 fully saturated rings. The highest BCUT2D eigenvalue weighted by Crippen LogP contribution is 2.39. The Balaban J connectivity index is 1.96. The van der Waals surface area contributed by atoms with Crippen molar-refractivity contribution in [1.29, 1.82) is 0 Å². The first-order valence-electron chi connectivity index (χ1n) is 9.26. The van der Waals surface area contributed by atoms with E-state index in [9.17, 15) is 14.0 Å². The Morgan fingerprint density at radius 2 is 2.00 bits per heavy atom. The van der Waals surface area contributed by atoms with Gasteiger partial charge in [0.2, 0.25) is 0 Å². The van der Waals surface area contributed by atoms with Crippen LogP contribution in [0.15, 0.2) is 60.5 Å². The summed E-state index contributed by atoms with van der Waals surface area (Å²) in [6, 6.07) is 4.08. The number of allylic oxidation sites excluding steroid dienone is 2. The van der Waals surface area contributed by atoms with Crippen LogP contribution in [0, 0.1) is 5.82 Å². The van der Waals surface area contributed by atoms with E-state index in [2.05, 4.69) is 5.32 Å². The van der Waals surface area contributed by atoms with E-state index < -0.39 is 34.3 Å². The molecule has 1 aliphatic carbocycles. The number of ketones is 2. The number of hydrogen-bond acceptors (Lipinski definition) is 6. The van der Waals surface area contributed by atoms with Crippen LogP contribution in [0.2, 0.25) is 0 Å². The molecule has 3 rings (SSSR count). The van der Waals surface area contributed by atoms with Crippen LogP contribution in [0.4, 0.5) is 4.39 Å². The van der Waals surface area contributed by atoms with Crippen molar-refractivity contribution < 1.29 is 14.0 Å². The second-order valence-electron chi connectivity index (χ2n) is 7.46. The topological polar surface area (TPSA) is 101 Å². The summed E-state index contributed by atoms with van der Waals surface area (Å²) in [6.45, 7) is 3.30. The fourth-order valence-corrected chi connectivity index (χ4v) is 4.06. The average Bonchev–Trinajstić information content (AvgIpc) is 3.10. The molecule has 1 aromatic carbocycles. The second-order valence-corrected chi connectivity index (χ2v) is 8.06. The molecule has 0 amide bonds. The molecule has 8 heteroatoms. The number of carbonyl (C=O) groups is 2. The number of alkyl halides is 1. The van der Waals surface area contributed by atoms with Crippen LogP contribution in [0.3, 0.4) is 0 Å². The lowest BCUT2D eigenvalue weighted by Gasteiger charge is -2.47. The van der Waals surface area contributed by atoms with Crippen LogP contribution in [0.5, 0.6) is 0 Å². The second kappa shape index (κ2) is 7.74. The van der Waals surface area contributed by atoms with E-state index in [-0.39, 0.29) is 11.3 Å². The van der Waals surface area contributed by atoms with Crippen molar-refractivity contribution in [1.82, 2.24) is 10.2 Å². The highest BCUT2D eigenvalue weighted by molar-refractivity contribution is 6.27. The van der Waals surface area contributed by atoms with Crippen LogP contribution in [-0.2, 0) is 4.79 Å². The summed E-state index contributed by atoms with van der Waals surface area (Å²) in [7, 11) is 0. The number of halogens is 2. The molecule has 3 unspecified atom stereocenters. The van der Waals surface area contributed by atoms with Crippen molar-refractivity contribution in [3.8, 4) is 0 Å². The summed E-state index contributed by atoms with van der Waals surface area (Å²) in [6.07, 6.45) is 8.64. The van der Waals surface area contributed by atoms with E-state index in [1.165, 1.54) is 18.2 Å². The van der Waals surface area contributed by atoms with E-state index in [4.69, 9.17) is 23.1 Å². The molecule has 0 radical (unpaired) electrons. The van der Waals surface area contributed by atoms with Crippen LogP contribution in [0.1, 0.15) is 30.6 Å². The molecule has 154 valence electrons. The Hall–Kier alpha value is -2.48. The Morgan fingerprint density at radius 3 is 2.66 bits per heavy atom. The summed E-state index contributed by atoms with van der Waals surface area (Å²) in [5.74, 6) is -1.36. The van der Waals surface area contributed by atoms with Gasteiger partial charge in [0, 0.05) is 18.0 Å². The van der Waals surface area contributed by atoms with Gasteiger partial charge in [0.05, 0.1) is 11.6 Å². The molecule has 6 nitrogen and oxygen atoms in total. The predicted octanol–water partition coefficient (Wildman–Crippen LogP) is 2.17. The molecule has 0 spiro atoms. The lowest BCUT2D eigenvalue weighted by atomic mass is 9.90. The Morgan fingerprint density at radius 1 is 1.31 bits per heavy atom. The zero-order valence-electron chi connectivity index (χ0n) is 16.2. The zero-order chi connectivity index (χ0) is 21.4. The third-order valence-electron chi connectivity index (χ3n) is 5.31. The first-order valence-corrected chi connectivity index (χ1v) is 9.64. The van der Waals surface area contributed by atoms with Gasteiger partial charge in [-0.25, -0.2) is 4.39 Å². The van der Waals surface area contributed by atoms with Crippen LogP contribution in [-0.4, -0.2) is 39.2 Å². The fraction of sp³-hybridized carbons (Fsp3) is 0.333. The normalized spacial score (nSPS) is 27.9. The first-order chi connectivity index (χ1) is 13.6. The maximum Gasteiger partial charge on any atom is 0.192 e. The van der Waals surface area contributed by atoms with E-state index >= 15 is 0 Å². The van der Waals surface area contributed by atoms with Crippen molar-refractivity contribution in [2.45, 2.75) is 43.0 Å². The monoisotopic (exact) mass is 418 g/mol. The summed E-state index contributed by atoms with van der Waals surface area (Å²) in [5.41, 5.74) is 11.2. The number of nitrogens with zero attached hydrogens (tertiary/aromatic N) is 1. The Bertz CT molecular complexity index is 929. The van der Waals surface area contributed by atoms with Crippen molar-refractivity contribution >= 4 is 23.2 Å². The molecule has 0 saturated heterocycles. The number of carbonyl (C=O) groups excluding carboxylic acids is 2. The van der Waals surface area contributed by atoms with Crippen molar-refractivity contribution in [3.05, 3.63) is 71.8 Å². The van der Waals surface area contributed by atoms with E-state index in [1.807, 2.05) is 0 Å². The average molecular weight is 419 g/mol. The van der Waals surface area contributed by atoms with Crippen LogP contribution in [0.25, 0.3) is 0 Å². The number of nitrogens with one attached hydrogen (secondary N) is 1. The molecule has 29 heavy (non-hydrogen) atoms. The molecule has 1 aromatic rings. The van der Waals surface area contributed by atoms with Crippen LogP contribution >= 0.6 is 11.6 Å². The molecule has 0 bridgehead atoms. The van der Waals surface area contributed by atoms with Gasteiger partial charge in [-0.2, -0.15) is 0 Å². The first kappa shape index (κ1) is 21.2. The number of benzene rings is 1. The Kier molecular flexibility index (Phi) is 5.67. The van der Waals surface area contributed by atoms with Gasteiger partial charge in [-0.1, -0.05) is 29.8 Å². The summed E-state index contributed by atoms with van der Waals surface area (Å²) in [5, 5.41) is 3.08. The number of Topliss-reactive ketones (excluding diaryl/α,β-unsaturated/α-hetero) is 2. The smallest absolute Gasteiger partial charge is 0.192 e. The molecule has 1 aliphatic heterocycles. The molecule has 4 atom stereocenters. The minimum absolute atomic E-state index is 0.0187. The van der Waals surface area contributed by atoms with Gasteiger partial charge in [-0.05, 0) is 44.6 Å². The van der Waals surface area contributed by atoms with Crippen LogP contribution < -0.4 is 16.8 Å². The molecule has 0 saturated carbocycles. The number of rotatable bonds is 6. The zero-order valence-corrected chi connectivity index (χ0v) is 17.0. The molecule has 1 heterocycles. The summed E-state index contributed by atoms with van der Waals surface area (Å²) >= 11 is 6.89. The molecular formula is C21H24ClFN4O2.